The molecule has 1 aromatic rings. The number of carbonyl (C=O) groups is 4. The highest BCUT2D eigenvalue weighted by molar-refractivity contribution is 6.64. The molecule has 118 valence electrons. The van der Waals surface area contributed by atoms with Crippen molar-refractivity contribution in [3.8, 4) is 0 Å². The minimum absolute atomic E-state index is 0.0472. The number of furan rings is 1. The summed E-state index contributed by atoms with van der Waals surface area (Å²) in [6.45, 7) is 2.41. The lowest BCUT2D eigenvalue weighted by Crippen LogP contribution is -2.58. The number of carbonyl (C=O) groups excluding carboxylic acids is 4. The van der Waals surface area contributed by atoms with Gasteiger partial charge in [0.1, 0.15) is 5.76 Å². The van der Waals surface area contributed by atoms with E-state index in [0.717, 1.165) is 4.90 Å². The number of likely N-dealkylation sites (N-methyl/N-ethyl adjacent to an activating group) is 1. The van der Waals surface area contributed by atoms with E-state index < -0.39 is 29.1 Å². The second-order valence-electron chi connectivity index (χ2n) is 4.54. The zero-order valence-electron chi connectivity index (χ0n) is 11.7. The van der Waals surface area contributed by atoms with Gasteiger partial charge in [0.2, 0.25) is 0 Å². The average Bonchev–Trinajstić information content (AvgIpc) is 3.00. The zero-order valence-corrected chi connectivity index (χ0v) is 12.5. The van der Waals surface area contributed by atoms with E-state index in [1.807, 2.05) is 0 Å². The van der Waals surface area contributed by atoms with Crippen molar-refractivity contribution < 1.29 is 23.6 Å². The molecule has 9 heteroatoms. The van der Waals surface area contributed by atoms with Crippen LogP contribution >= 0.6 is 11.6 Å². The fraction of sp³-hybridized carbons (Fsp3) is 0.385. The summed E-state index contributed by atoms with van der Waals surface area (Å²) in [7, 11) is 0. The maximum absolute atomic E-state index is 12.1. The van der Waals surface area contributed by atoms with Crippen molar-refractivity contribution in [3.63, 3.8) is 0 Å². The summed E-state index contributed by atoms with van der Waals surface area (Å²) in [6, 6.07) is 0.900. The Hall–Kier alpha value is -2.35. The molecule has 1 aliphatic heterocycles. The number of piperazine rings is 1. The highest BCUT2D eigenvalue weighted by atomic mass is 35.5. The number of nitrogens with one attached hydrogen (secondary N) is 1. The molecule has 1 atom stereocenters. The van der Waals surface area contributed by atoms with Crippen LogP contribution in [0.1, 0.15) is 18.7 Å². The van der Waals surface area contributed by atoms with Gasteiger partial charge in [0, 0.05) is 19.6 Å². The van der Waals surface area contributed by atoms with Crippen LogP contribution in [0.4, 0.5) is 4.79 Å². The molecule has 22 heavy (non-hydrogen) atoms. The van der Waals surface area contributed by atoms with E-state index in [4.69, 9.17) is 16.0 Å². The Balaban J connectivity index is 2.10. The molecular weight excluding hydrogens is 314 g/mol. The summed E-state index contributed by atoms with van der Waals surface area (Å²) < 4.78 is 5.03. The van der Waals surface area contributed by atoms with Gasteiger partial charge in [-0.3, -0.25) is 19.3 Å². The molecule has 1 unspecified atom stereocenters. The van der Waals surface area contributed by atoms with Crippen molar-refractivity contribution >= 4 is 34.7 Å². The van der Waals surface area contributed by atoms with E-state index in [1.165, 1.54) is 23.3 Å². The van der Waals surface area contributed by atoms with Crippen molar-refractivity contribution in [2.24, 2.45) is 0 Å². The van der Waals surface area contributed by atoms with Crippen LogP contribution in [0.25, 0.3) is 0 Å². The fourth-order valence-electron chi connectivity index (χ4n) is 2.07. The van der Waals surface area contributed by atoms with Crippen LogP contribution in [-0.2, 0) is 14.4 Å². The number of imide groups is 1. The molecule has 2 rings (SSSR count). The first kappa shape index (κ1) is 16.0. The molecule has 1 fully saturated rings. The SMILES string of the molecule is CCN1CCN(C(=O)NC(C(=O)Cl)c2ccco2)C(=O)C1=O. The first-order chi connectivity index (χ1) is 10.5. The normalized spacial score (nSPS) is 16.6. The van der Waals surface area contributed by atoms with Gasteiger partial charge in [-0.15, -0.1) is 0 Å². The smallest absolute Gasteiger partial charge is 0.325 e. The van der Waals surface area contributed by atoms with Crippen molar-refractivity contribution in [3.05, 3.63) is 24.2 Å². The molecule has 4 amide bonds. The third-order valence-electron chi connectivity index (χ3n) is 3.26. The quantitative estimate of drug-likeness (QED) is 0.640. The lowest BCUT2D eigenvalue weighted by atomic mass is 10.2. The molecular formula is C13H14ClN3O5. The van der Waals surface area contributed by atoms with Gasteiger partial charge >= 0.3 is 17.8 Å². The fourth-order valence-corrected chi connectivity index (χ4v) is 2.23. The van der Waals surface area contributed by atoms with Gasteiger partial charge < -0.3 is 14.6 Å². The summed E-state index contributed by atoms with van der Waals surface area (Å²) in [5.74, 6) is -1.55. The number of urea groups is 1. The molecule has 2 heterocycles. The molecule has 1 N–H and O–H groups in total. The number of halogens is 1. The highest BCUT2D eigenvalue weighted by Gasteiger charge is 2.37. The number of hydrogen-bond acceptors (Lipinski definition) is 5. The van der Waals surface area contributed by atoms with E-state index in [0.29, 0.717) is 6.54 Å². The maximum Gasteiger partial charge on any atom is 0.325 e. The van der Waals surface area contributed by atoms with E-state index in [9.17, 15) is 19.2 Å². The van der Waals surface area contributed by atoms with E-state index in [2.05, 4.69) is 5.32 Å². The van der Waals surface area contributed by atoms with Gasteiger partial charge in [0.05, 0.1) is 6.26 Å². The molecule has 0 aliphatic carbocycles. The van der Waals surface area contributed by atoms with Gasteiger partial charge in [-0.2, -0.15) is 0 Å². The lowest BCUT2D eigenvalue weighted by Gasteiger charge is -2.32. The van der Waals surface area contributed by atoms with Crippen LogP contribution < -0.4 is 5.32 Å². The van der Waals surface area contributed by atoms with Crippen molar-refractivity contribution in [1.82, 2.24) is 15.1 Å². The van der Waals surface area contributed by atoms with Gasteiger partial charge in [-0.1, -0.05) is 0 Å². The average molecular weight is 328 g/mol. The van der Waals surface area contributed by atoms with Crippen molar-refractivity contribution in [2.75, 3.05) is 19.6 Å². The highest BCUT2D eigenvalue weighted by Crippen LogP contribution is 2.17. The minimum Gasteiger partial charge on any atom is -0.467 e. The summed E-state index contributed by atoms with van der Waals surface area (Å²) >= 11 is 5.44. The Bertz CT molecular complexity index is 601. The molecule has 1 saturated heterocycles. The topological polar surface area (TPSA) is 99.9 Å². The third-order valence-corrected chi connectivity index (χ3v) is 3.48. The summed E-state index contributed by atoms with van der Waals surface area (Å²) in [6.07, 6.45) is 1.32. The van der Waals surface area contributed by atoms with Gasteiger partial charge in [-0.05, 0) is 30.7 Å². The predicted octanol–water partition coefficient (Wildman–Crippen LogP) is 0.486. The standard InChI is InChI=1S/C13H14ClN3O5/c1-2-16-5-6-17(12(20)11(16)19)13(21)15-9(10(14)18)8-4-3-7-22-8/h3-4,7,9H,2,5-6H2,1H3,(H,15,21). The first-order valence-electron chi connectivity index (χ1n) is 6.59. The predicted molar refractivity (Wildman–Crippen MR) is 74.8 cm³/mol. The number of nitrogens with zero attached hydrogens (tertiary/aromatic N) is 2. The summed E-state index contributed by atoms with van der Waals surface area (Å²) in [4.78, 5) is 49.3. The molecule has 0 saturated carbocycles. The molecule has 0 aromatic carbocycles. The molecule has 1 aliphatic rings. The van der Waals surface area contributed by atoms with Gasteiger partial charge in [0.25, 0.3) is 5.24 Å². The Kier molecular flexibility index (Phi) is 4.81. The molecule has 0 bridgehead atoms. The van der Waals surface area contributed by atoms with E-state index >= 15 is 0 Å². The third kappa shape index (κ3) is 3.11. The Morgan fingerprint density at radius 3 is 2.64 bits per heavy atom. The Labute approximate surface area is 131 Å². The van der Waals surface area contributed by atoms with Crippen LogP contribution in [0.15, 0.2) is 22.8 Å². The largest absolute Gasteiger partial charge is 0.467 e. The van der Waals surface area contributed by atoms with Crippen LogP contribution in [0.2, 0.25) is 0 Å². The van der Waals surface area contributed by atoms with Gasteiger partial charge in [0.15, 0.2) is 6.04 Å². The summed E-state index contributed by atoms with van der Waals surface area (Å²) in [5, 5.41) is 1.43. The first-order valence-corrected chi connectivity index (χ1v) is 6.97. The second kappa shape index (κ2) is 6.61. The van der Waals surface area contributed by atoms with Crippen LogP contribution in [-0.4, -0.2) is 52.5 Å². The van der Waals surface area contributed by atoms with Crippen LogP contribution in [0.5, 0.6) is 0 Å². The second-order valence-corrected chi connectivity index (χ2v) is 4.92. The van der Waals surface area contributed by atoms with Gasteiger partial charge in [-0.25, -0.2) is 4.79 Å². The maximum atomic E-state index is 12.1. The van der Waals surface area contributed by atoms with E-state index in [-0.39, 0.29) is 18.8 Å². The number of hydrogen-bond donors (Lipinski definition) is 1. The Morgan fingerprint density at radius 1 is 1.36 bits per heavy atom. The van der Waals surface area contributed by atoms with Crippen molar-refractivity contribution in [2.45, 2.75) is 13.0 Å². The molecule has 0 radical (unpaired) electrons. The Morgan fingerprint density at radius 2 is 2.09 bits per heavy atom. The number of amides is 4. The van der Waals surface area contributed by atoms with Crippen LogP contribution in [0.3, 0.4) is 0 Å². The molecule has 0 spiro atoms. The molecule has 8 nitrogen and oxygen atoms in total. The van der Waals surface area contributed by atoms with Crippen LogP contribution in [0, 0.1) is 0 Å². The minimum atomic E-state index is -1.23. The monoisotopic (exact) mass is 327 g/mol. The molecule has 1 aromatic heterocycles. The summed E-state index contributed by atoms with van der Waals surface area (Å²) in [5.41, 5.74) is 0. The van der Waals surface area contributed by atoms with Crippen molar-refractivity contribution in [1.29, 1.82) is 0 Å². The lowest BCUT2D eigenvalue weighted by molar-refractivity contribution is -0.153. The van der Waals surface area contributed by atoms with E-state index in [1.54, 1.807) is 6.92 Å². The number of rotatable bonds is 4. The zero-order chi connectivity index (χ0) is 16.3.